The molecule has 0 aromatic heterocycles. The van der Waals surface area contributed by atoms with Crippen molar-refractivity contribution >= 4 is 5.78 Å². The topological polar surface area (TPSA) is 43.1 Å². The minimum atomic E-state index is -0.256. The number of hydrogen-bond acceptors (Lipinski definition) is 2. The lowest BCUT2D eigenvalue weighted by Gasteiger charge is -2.17. The molecule has 0 aromatic rings. The second-order valence-corrected chi connectivity index (χ2v) is 4.79. The molecule has 0 radical (unpaired) electrons. The van der Waals surface area contributed by atoms with Crippen LogP contribution < -0.4 is 5.73 Å². The summed E-state index contributed by atoms with van der Waals surface area (Å²) in [6.07, 6.45) is 4.81. The molecule has 0 aliphatic rings. The van der Waals surface area contributed by atoms with Gasteiger partial charge in [-0.05, 0) is 25.2 Å². The Morgan fingerprint density at radius 2 is 1.64 bits per heavy atom. The van der Waals surface area contributed by atoms with Crippen LogP contribution in [0.1, 0.15) is 53.4 Å². The van der Waals surface area contributed by atoms with E-state index in [4.69, 9.17) is 5.73 Å². The van der Waals surface area contributed by atoms with E-state index in [9.17, 15) is 4.79 Å². The summed E-state index contributed by atoms with van der Waals surface area (Å²) in [4.78, 5) is 11.0. The van der Waals surface area contributed by atoms with Crippen molar-refractivity contribution in [2.24, 2.45) is 17.6 Å². The first-order chi connectivity index (χ1) is 6.45. The molecule has 14 heavy (non-hydrogen) atoms. The van der Waals surface area contributed by atoms with Crippen LogP contribution in [0.3, 0.4) is 0 Å². The van der Waals surface area contributed by atoms with Crippen LogP contribution in [0.4, 0.5) is 0 Å². The first-order valence-corrected chi connectivity index (χ1v) is 5.71. The number of carbonyl (C=O) groups excluding carboxylic acids is 1. The van der Waals surface area contributed by atoms with Crippen molar-refractivity contribution < 1.29 is 4.79 Å². The Morgan fingerprint density at radius 3 is 2.07 bits per heavy atom. The van der Waals surface area contributed by atoms with Crippen LogP contribution >= 0.6 is 0 Å². The molecule has 0 aliphatic carbocycles. The van der Waals surface area contributed by atoms with E-state index in [1.807, 2.05) is 0 Å². The fourth-order valence-electron chi connectivity index (χ4n) is 1.60. The van der Waals surface area contributed by atoms with E-state index in [2.05, 4.69) is 20.8 Å². The summed E-state index contributed by atoms with van der Waals surface area (Å²) >= 11 is 0. The summed E-state index contributed by atoms with van der Waals surface area (Å²) in [5.74, 6) is 1.23. The summed E-state index contributed by atoms with van der Waals surface area (Å²) in [7, 11) is 0. The molecule has 0 amide bonds. The zero-order valence-corrected chi connectivity index (χ0v) is 10.0. The highest BCUT2D eigenvalue weighted by Crippen LogP contribution is 2.15. The Bertz CT molecular complexity index is 166. The summed E-state index contributed by atoms with van der Waals surface area (Å²) in [6.45, 7) is 8.13. The fraction of sp³-hybridized carbons (Fsp3) is 0.917. The molecule has 0 saturated carbocycles. The van der Waals surface area contributed by atoms with Crippen LogP contribution in [0.5, 0.6) is 0 Å². The Balaban J connectivity index is 3.53. The number of Topliss-reactive ketones (excluding diaryl/α,β-unsaturated/α-hetero) is 1. The van der Waals surface area contributed by atoms with Crippen molar-refractivity contribution in [3.8, 4) is 0 Å². The van der Waals surface area contributed by atoms with E-state index in [0.29, 0.717) is 5.92 Å². The third kappa shape index (κ3) is 6.14. The maximum atomic E-state index is 11.0. The monoisotopic (exact) mass is 199 g/mol. The molecular formula is C12H25NO. The summed E-state index contributed by atoms with van der Waals surface area (Å²) in [5.41, 5.74) is 5.75. The summed E-state index contributed by atoms with van der Waals surface area (Å²) in [6, 6.07) is -0.256. The van der Waals surface area contributed by atoms with E-state index in [0.717, 1.165) is 12.3 Å². The van der Waals surface area contributed by atoms with Crippen LogP contribution in [0.15, 0.2) is 0 Å². The zero-order chi connectivity index (χ0) is 11.1. The van der Waals surface area contributed by atoms with Gasteiger partial charge in [-0.2, -0.15) is 0 Å². The highest BCUT2D eigenvalue weighted by molar-refractivity contribution is 5.81. The first-order valence-electron chi connectivity index (χ1n) is 5.71. The van der Waals surface area contributed by atoms with Crippen LogP contribution in [-0.4, -0.2) is 11.8 Å². The molecular weight excluding hydrogens is 174 g/mol. The number of carbonyl (C=O) groups is 1. The second kappa shape index (κ2) is 6.99. The van der Waals surface area contributed by atoms with Gasteiger partial charge in [0.15, 0.2) is 0 Å². The van der Waals surface area contributed by atoms with Gasteiger partial charge in [0.2, 0.25) is 0 Å². The van der Waals surface area contributed by atoms with Crippen molar-refractivity contribution in [3.05, 3.63) is 0 Å². The van der Waals surface area contributed by atoms with Gasteiger partial charge in [0.05, 0.1) is 6.04 Å². The fourth-order valence-corrected chi connectivity index (χ4v) is 1.60. The highest BCUT2D eigenvalue weighted by atomic mass is 16.1. The Kier molecular flexibility index (Phi) is 6.81. The Hall–Kier alpha value is -0.370. The minimum absolute atomic E-state index is 0.112. The predicted octanol–water partition coefficient (Wildman–Crippen LogP) is 2.76. The molecule has 84 valence electrons. The molecule has 0 fully saturated rings. The molecule has 0 saturated heterocycles. The quantitative estimate of drug-likeness (QED) is 0.641. The third-order valence-electron chi connectivity index (χ3n) is 2.77. The molecule has 2 nitrogen and oxygen atoms in total. The first kappa shape index (κ1) is 13.6. The van der Waals surface area contributed by atoms with E-state index >= 15 is 0 Å². The van der Waals surface area contributed by atoms with Crippen molar-refractivity contribution in [2.45, 2.75) is 59.4 Å². The lowest BCUT2D eigenvalue weighted by atomic mass is 9.93. The molecule has 2 atom stereocenters. The molecule has 2 N–H and O–H groups in total. The maximum absolute atomic E-state index is 11.0. The normalized spacial score (nSPS) is 15.6. The molecule has 0 bridgehead atoms. The van der Waals surface area contributed by atoms with E-state index in [1.54, 1.807) is 6.92 Å². The molecule has 0 aliphatic heterocycles. The standard InChI is InChI=1S/C12H25NO/c1-9(2)7-5-6-8-10(3)12(13)11(4)14/h9-10,12H,5-8,13H2,1-4H3. The lowest BCUT2D eigenvalue weighted by Crippen LogP contribution is -2.35. The Morgan fingerprint density at radius 1 is 1.14 bits per heavy atom. The minimum Gasteiger partial charge on any atom is -0.321 e. The largest absolute Gasteiger partial charge is 0.321 e. The average Bonchev–Trinajstić information content (AvgIpc) is 2.10. The number of nitrogens with two attached hydrogens (primary N) is 1. The van der Waals surface area contributed by atoms with Gasteiger partial charge in [-0.1, -0.05) is 40.0 Å². The molecule has 2 heteroatoms. The van der Waals surface area contributed by atoms with Crippen LogP contribution in [0.2, 0.25) is 0 Å². The SMILES string of the molecule is CC(=O)C(N)C(C)CCCCC(C)C. The van der Waals surface area contributed by atoms with Crippen LogP contribution in [-0.2, 0) is 4.79 Å². The number of hydrogen-bond donors (Lipinski definition) is 1. The van der Waals surface area contributed by atoms with Crippen molar-refractivity contribution in [3.63, 3.8) is 0 Å². The molecule has 0 aromatic carbocycles. The number of ketones is 1. The second-order valence-electron chi connectivity index (χ2n) is 4.79. The van der Waals surface area contributed by atoms with Gasteiger partial charge in [-0.25, -0.2) is 0 Å². The van der Waals surface area contributed by atoms with Crippen LogP contribution in [0, 0.1) is 11.8 Å². The van der Waals surface area contributed by atoms with Gasteiger partial charge in [0.25, 0.3) is 0 Å². The number of unbranched alkanes of at least 4 members (excludes halogenated alkanes) is 1. The molecule has 0 heterocycles. The van der Waals surface area contributed by atoms with Crippen molar-refractivity contribution in [1.82, 2.24) is 0 Å². The third-order valence-corrected chi connectivity index (χ3v) is 2.77. The highest BCUT2D eigenvalue weighted by Gasteiger charge is 2.16. The lowest BCUT2D eigenvalue weighted by molar-refractivity contribution is -0.119. The smallest absolute Gasteiger partial charge is 0.146 e. The predicted molar refractivity (Wildman–Crippen MR) is 61.1 cm³/mol. The summed E-state index contributed by atoms with van der Waals surface area (Å²) in [5, 5.41) is 0. The van der Waals surface area contributed by atoms with Gasteiger partial charge in [-0.15, -0.1) is 0 Å². The van der Waals surface area contributed by atoms with Gasteiger partial charge < -0.3 is 5.73 Å². The maximum Gasteiger partial charge on any atom is 0.146 e. The molecule has 0 rings (SSSR count). The number of rotatable bonds is 7. The molecule has 0 spiro atoms. The summed E-state index contributed by atoms with van der Waals surface area (Å²) < 4.78 is 0. The average molecular weight is 199 g/mol. The Labute approximate surface area is 88.3 Å². The molecule has 2 unspecified atom stereocenters. The zero-order valence-electron chi connectivity index (χ0n) is 10.0. The van der Waals surface area contributed by atoms with Gasteiger partial charge >= 0.3 is 0 Å². The van der Waals surface area contributed by atoms with E-state index in [1.165, 1.54) is 19.3 Å². The van der Waals surface area contributed by atoms with Crippen molar-refractivity contribution in [1.29, 1.82) is 0 Å². The van der Waals surface area contributed by atoms with E-state index < -0.39 is 0 Å². The van der Waals surface area contributed by atoms with Crippen LogP contribution in [0.25, 0.3) is 0 Å². The van der Waals surface area contributed by atoms with Gasteiger partial charge in [-0.3, -0.25) is 4.79 Å². The van der Waals surface area contributed by atoms with Gasteiger partial charge in [0.1, 0.15) is 5.78 Å². The van der Waals surface area contributed by atoms with E-state index in [-0.39, 0.29) is 11.8 Å². The van der Waals surface area contributed by atoms with Gasteiger partial charge in [0, 0.05) is 0 Å². The van der Waals surface area contributed by atoms with Crippen molar-refractivity contribution in [2.75, 3.05) is 0 Å².